The first-order valence-corrected chi connectivity index (χ1v) is 41.1. The van der Waals surface area contributed by atoms with Crippen molar-refractivity contribution in [1.29, 1.82) is 0 Å². The number of rotatable bonds is 39. The largest absolute Gasteiger partial charge is 0.497 e. The summed E-state index contributed by atoms with van der Waals surface area (Å²) < 4.78 is 81.5. The fourth-order valence-electron chi connectivity index (χ4n) is 13.1. The van der Waals surface area contributed by atoms with Crippen molar-refractivity contribution in [2.75, 3.05) is 34.0 Å². The molecular weight excluding hydrogens is 1240 g/mol. The Labute approximate surface area is 546 Å². The summed E-state index contributed by atoms with van der Waals surface area (Å²) in [5.74, 6) is -0.820. The fourth-order valence-corrected chi connectivity index (χ4v) is 18.0. The average molecular weight is 1330 g/mol. The Morgan fingerprint density at radius 1 is 0.432 bits per heavy atom. The number of carbonyl (C=O) groups excluding carboxylic acids is 1. The maximum Gasteiger partial charge on any atom is 0.407 e. The molecular formula is C66H91NO13Si8. The van der Waals surface area contributed by atoms with Crippen molar-refractivity contribution in [2.45, 2.75) is 144 Å². The predicted molar refractivity (Wildman–Crippen MR) is 357 cm³/mol. The average Bonchev–Trinajstić information content (AvgIpc) is 0.949. The van der Waals surface area contributed by atoms with Gasteiger partial charge in [0.2, 0.25) is 78.1 Å². The smallest absolute Gasteiger partial charge is 0.407 e. The minimum absolute atomic E-state index is 0.0749. The molecule has 0 aromatic heterocycles. The third-order valence-electron chi connectivity index (χ3n) is 17.6. The summed E-state index contributed by atoms with van der Waals surface area (Å²) in [4.78, 5) is 15.0. The molecule has 1 amide bonds. The second-order valence-electron chi connectivity index (χ2n) is 24.0. The van der Waals surface area contributed by atoms with Crippen molar-refractivity contribution in [3.8, 4) is 22.6 Å². The molecule has 0 bridgehead atoms. The normalized spacial score (nSPS) is 14.7. The molecule has 0 fully saturated rings. The summed E-state index contributed by atoms with van der Waals surface area (Å²) in [6.45, 7) is 34.6. The predicted octanol–water partition coefficient (Wildman–Crippen LogP) is 12.9. The quantitative estimate of drug-likeness (QED) is 0.0227. The number of fused-ring (bicyclic) bond motifs is 3. The first kappa shape index (κ1) is 73.4. The summed E-state index contributed by atoms with van der Waals surface area (Å²) in [6.07, 6.45) is -3.49. The molecule has 470 valence electrons. The number of amides is 1. The molecule has 0 aliphatic heterocycles. The van der Waals surface area contributed by atoms with Gasteiger partial charge in [-0.2, -0.15) is 0 Å². The molecule has 0 saturated heterocycles. The van der Waals surface area contributed by atoms with Gasteiger partial charge in [-0.25, -0.2) is 4.79 Å². The summed E-state index contributed by atoms with van der Waals surface area (Å²) in [6, 6.07) is 43.4. The Balaban J connectivity index is 1.72. The van der Waals surface area contributed by atoms with Crippen LogP contribution >= 0.6 is 0 Å². The standard InChI is InChI=1S/C66H91NO13Si8/c1-62(2,57(73-81-11)74-82-12)53(40-67-61(68)71-41-52-50-30-24-22-28-48(50)49-29-23-25-31-51(49)52)55(64(5,6)59(77-85-15)78-86-16)56(65(7,8)60(79-87-17)80-88-18)54(63(3,4)58(75-83-13)76-84-14)42-72-66(43-26-20-19-21-27-43,44-32-36-46(69-9)37-33-44)45-34-38-47(70-10)39-35-45/h19-39,52-60H,40-42H2,1-18H3,(H,67,68). The van der Waals surface area contributed by atoms with E-state index >= 15 is 4.79 Å². The molecule has 1 N–H and O–H groups in total. The second-order valence-corrected chi connectivity index (χ2v) is 29.1. The molecule has 16 radical (unpaired) electrons. The number of carbonyl (C=O) groups is 1. The molecule has 5 aromatic rings. The molecule has 88 heavy (non-hydrogen) atoms. The van der Waals surface area contributed by atoms with Gasteiger partial charge in [-0.05, 0) is 139 Å². The van der Waals surface area contributed by atoms with Crippen LogP contribution in [-0.4, -0.2) is 143 Å². The summed E-state index contributed by atoms with van der Waals surface area (Å²) >= 11 is 0. The van der Waals surface area contributed by atoms with Crippen molar-refractivity contribution in [1.82, 2.24) is 5.32 Å². The minimum atomic E-state index is -1.24. The highest BCUT2D eigenvalue weighted by Gasteiger charge is 2.62. The van der Waals surface area contributed by atoms with E-state index in [1.807, 2.05) is 94.8 Å². The highest BCUT2D eigenvalue weighted by molar-refractivity contribution is 6.27. The van der Waals surface area contributed by atoms with Crippen LogP contribution in [0.1, 0.15) is 89.1 Å². The van der Waals surface area contributed by atoms with Crippen LogP contribution < -0.4 is 14.8 Å². The molecule has 1 aliphatic rings. The lowest BCUT2D eigenvalue weighted by Gasteiger charge is -2.61. The number of hydrogen-bond acceptors (Lipinski definition) is 13. The number of methoxy groups -OCH3 is 2. The number of alkyl carbamates (subject to hydrolysis) is 1. The number of benzene rings is 5. The van der Waals surface area contributed by atoms with Crippen LogP contribution in [0.3, 0.4) is 0 Å². The summed E-state index contributed by atoms with van der Waals surface area (Å²) in [5, 5.41) is 3.42. The van der Waals surface area contributed by atoms with Crippen LogP contribution in [0.4, 0.5) is 4.79 Å². The van der Waals surface area contributed by atoms with E-state index in [4.69, 9.17) is 54.4 Å². The highest BCUT2D eigenvalue weighted by atomic mass is 28.2. The Morgan fingerprint density at radius 3 is 1.14 bits per heavy atom. The SMILES string of the molecule is COc1ccc(C(OCC(C(C(C(CNC(=O)OCC2c3ccccc3-c3ccccc32)C(C)(C)C(O[Si]C)O[Si]C)C(C)(C)C(O[Si]C)O[Si]C)C(C)(C)C(O[Si]C)O[Si]C)C(C)(C)C(O[Si]C)O[Si]C)(c2ccccc2)c2ccc(OC)cc2)cc1. The Kier molecular flexibility index (Phi) is 28.6. The molecule has 22 heteroatoms. The van der Waals surface area contributed by atoms with E-state index in [-0.39, 0.29) is 104 Å². The van der Waals surface area contributed by atoms with Crippen LogP contribution in [0.5, 0.6) is 11.5 Å². The van der Waals surface area contributed by atoms with E-state index in [1.165, 1.54) is 0 Å². The maximum absolute atomic E-state index is 15.0. The van der Waals surface area contributed by atoms with Crippen molar-refractivity contribution >= 4 is 84.2 Å². The highest BCUT2D eigenvalue weighted by Crippen LogP contribution is 2.61. The van der Waals surface area contributed by atoms with E-state index in [0.29, 0.717) is 11.5 Å². The lowest BCUT2D eigenvalue weighted by atomic mass is 9.48. The topological polar surface area (TPSA) is 140 Å². The zero-order chi connectivity index (χ0) is 64.3. The molecule has 4 atom stereocenters. The summed E-state index contributed by atoms with van der Waals surface area (Å²) in [7, 11) is 4.00. The van der Waals surface area contributed by atoms with Gasteiger partial charge in [0.05, 0.1) is 20.8 Å². The second kappa shape index (κ2) is 34.3. The molecule has 14 nitrogen and oxygen atoms in total. The number of hydrogen-bond donors (Lipinski definition) is 1. The van der Waals surface area contributed by atoms with Crippen LogP contribution in [-0.2, 0) is 50.5 Å². The van der Waals surface area contributed by atoms with Crippen LogP contribution in [0.25, 0.3) is 11.1 Å². The molecule has 0 spiro atoms. The Hall–Kier alpha value is -3.65. The van der Waals surface area contributed by atoms with Gasteiger partial charge in [0.25, 0.3) is 0 Å². The molecule has 0 saturated carbocycles. The minimum Gasteiger partial charge on any atom is -0.497 e. The third-order valence-corrected chi connectivity index (χ3v) is 21.2. The number of ether oxygens (including phenoxy) is 4. The van der Waals surface area contributed by atoms with E-state index in [1.54, 1.807) is 14.2 Å². The fraction of sp³-hybridized carbons (Fsp3) is 0.530. The lowest BCUT2D eigenvalue weighted by molar-refractivity contribution is -0.236. The molecule has 0 heterocycles. The molecule has 5 aromatic carbocycles. The van der Waals surface area contributed by atoms with Gasteiger partial charge >= 0.3 is 6.09 Å². The molecule has 1 aliphatic carbocycles. The van der Waals surface area contributed by atoms with Crippen molar-refractivity contribution < 1.29 is 59.2 Å². The first-order valence-electron chi connectivity index (χ1n) is 29.9. The zero-order valence-electron chi connectivity index (χ0n) is 54.7. The van der Waals surface area contributed by atoms with E-state index < -0.39 is 82.2 Å². The third kappa shape index (κ3) is 16.8. The van der Waals surface area contributed by atoms with Gasteiger partial charge in [-0.15, -0.1) is 0 Å². The Bertz CT molecular complexity index is 2760. The monoisotopic (exact) mass is 1330 g/mol. The first-order chi connectivity index (χ1) is 42.2. The number of nitrogens with one attached hydrogen (secondary N) is 1. The van der Waals surface area contributed by atoms with E-state index in [2.05, 4.69) is 146 Å². The van der Waals surface area contributed by atoms with Crippen LogP contribution in [0.15, 0.2) is 127 Å². The van der Waals surface area contributed by atoms with Crippen molar-refractivity contribution in [3.05, 3.63) is 155 Å². The Morgan fingerprint density at radius 2 is 0.761 bits per heavy atom. The molecule has 6 rings (SSSR count). The lowest BCUT2D eigenvalue weighted by Crippen LogP contribution is -2.63. The van der Waals surface area contributed by atoms with Crippen LogP contribution in [0.2, 0.25) is 52.4 Å². The van der Waals surface area contributed by atoms with Crippen molar-refractivity contribution in [2.24, 2.45) is 45.3 Å². The van der Waals surface area contributed by atoms with Gasteiger partial charge in [-0.3, -0.25) is 0 Å². The van der Waals surface area contributed by atoms with Gasteiger partial charge in [-0.1, -0.05) is 159 Å². The van der Waals surface area contributed by atoms with Gasteiger partial charge in [0.15, 0.2) is 0 Å². The van der Waals surface area contributed by atoms with Crippen LogP contribution in [0, 0.1) is 45.3 Å². The van der Waals surface area contributed by atoms with Gasteiger partial charge in [0, 0.05) is 34.1 Å². The maximum atomic E-state index is 15.0. The molecule has 4 unspecified atom stereocenters. The zero-order valence-corrected chi connectivity index (χ0v) is 62.7. The van der Waals surface area contributed by atoms with Gasteiger partial charge in [0.1, 0.15) is 48.9 Å². The van der Waals surface area contributed by atoms with Crippen molar-refractivity contribution in [3.63, 3.8) is 0 Å². The van der Waals surface area contributed by atoms with Gasteiger partial charge < -0.3 is 59.7 Å². The van der Waals surface area contributed by atoms with E-state index in [9.17, 15) is 0 Å². The van der Waals surface area contributed by atoms with E-state index in [0.717, 1.165) is 38.9 Å². The summed E-state index contributed by atoms with van der Waals surface area (Å²) in [5.41, 5.74) is 2.40.